The molecule has 0 amide bonds. The predicted octanol–water partition coefficient (Wildman–Crippen LogP) is 2.40. The van der Waals surface area contributed by atoms with Crippen LogP contribution in [0.25, 0.3) is 10.4 Å². The summed E-state index contributed by atoms with van der Waals surface area (Å²) in [5.41, 5.74) is 7.76. The van der Waals surface area contributed by atoms with E-state index in [4.69, 9.17) is 5.53 Å². The summed E-state index contributed by atoms with van der Waals surface area (Å²) < 4.78 is 12.9. The Kier molecular flexibility index (Phi) is 3.83. The Bertz CT molecular complexity index is 526. The maximum absolute atomic E-state index is 12.9. The van der Waals surface area contributed by atoms with Gasteiger partial charge in [-0.2, -0.15) is 0 Å². The van der Waals surface area contributed by atoms with E-state index in [9.17, 15) is 14.5 Å². The first-order valence-electron chi connectivity index (χ1n) is 4.08. The maximum atomic E-state index is 12.9. The zero-order valence-electron chi connectivity index (χ0n) is 7.92. The van der Waals surface area contributed by atoms with Crippen molar-refractivity contribution >= 4 is 5.69 Å². The minimum Gasteiger partial charge on any atom is -0.258 e. The lowest BCUT2D eigenvalue weighted by Crippen LogP contribution is -1.90. The fourth-order valence-corrected chi connectivity index (χ4v) is 0.960. The van der Waals surface area contributed by atoms with E-state index in [1.807, 2.05) is 0 Å². The molecule has 0 N–H and O–H groups in total. The third-order valence-corrected chi connectivity index (χ3v) is 1.54. The highest BCUT2D eigenvalue weighted by Crippen LogP contribution is 2.15. The molecule has 1 aromatic rings. The molecular formula is C9H5FN4O2. The molecule has 0 aliphatic carbocycles. The standard InChI is InChI=1S/C9H5FN4O2/c10-8-4-7(2-1-3-12-13-11)5-9(6-8)14(15)16/h4-6H,3H2. The van der Waals surface area contributed by atoms with Gasteiger partial charge in [0.25, 0.3) is 5.69 Å². The van der Waals surface area contributed by atoms with Gasteiger partial charge in [0, 0.05) is 16.5 Å². The number of nitrogens with zero attached hydrogens (tertiary/aromatic N) is 4. The molecule has 0 unspecified atom stereocenters. The van der Waals surface area contributed by atoms with E-state index in [0.29, 0.717) is 0 Å². The monoisotopic (exact) mass is 220 g/mol. The highest BCUT2D eigenvalue weighted by atomic mass is 19.1. The molecule has 1 rings (SSSR count). The molecule has 0 fully saturated rings. The average molecular weight is 220 g/mol. The topological polar surface area (TPSA) is 91.9 Å². The third kappa shape index (κ3) is 3.29. The summed E-state index contributed by atoms with van der Waals surface area (Å²) in [6.45, 7) is -0.0686. The number of hydrogen-bond donors (Lipinski definition) is 0. The molecular weight excluding hydrogens is 215 g/mol. The van der Waals surface area contributed by atoms with Crippen molar-refractivity contribution in [3.05, 3.63) is 50.1 Å². The Hall–Kier alpha value is -2.58. The van der Waals surface area contributed by atoms with Crippen molar-refractivity contribution in [2.24, 2.45) is 5.11 Å². The van der Waals surface area contributed by atoms with Crippen molar-refractivity contribution < 1.29 is 9.31 Å². The molecule has 7 heteroatoms. The van der Waals surface area contributed by atoms with Gasteiger partial charge in [0.15, 0.2) is 0 Å². The van der Waals surface area contributed by atoms with Gasteiger partial charge in [-0.05, 0) is 11.6 Å². The van der Waals surface area contributed by atoms with E-state index in [1.165, 1.54) is 0 Å². The Morgan fingerprint density at radius 3 is 2.94 bits per heavy atom. The number of non-ortho nitro benzene ring substituents is 1. The van der Waals surface area contributed by atoms with E-state index in [0.717, 1.165) is 18.2 Å². The molecule has 0 saturated carbocycles. The van der Waals surface area contributed by atoms with E-state index < -0.39 is 10.7 Å². The molecule has 0 aliphatic heterocycles. The highest BCUT2D eigenvalue weighted by molar-refractivity contribution is 5.43. The van der Waals surface area contributed by atoms with Gasteiger partial charge in [-0.1, -0.05) is 17.0 Å². The van der Waals surface area contributed by atoms with Gasteiger partial charge >= 0.3 is 0 Å². The molecule has 0 saturated heterocycles. The molecule has 1 aromatic carbocycles. The molecule has 80 valence electrons. The van der Waals surface area contributed by atoms with Gasteiger partial charge in [-0.3, -0.25) is 10.1 Å². The second-order valence-corrected chi connectivity index (χ2v) is 2.65. The van der Waals surface area contributed by atoms with Crippen molar-refractivity contribution in [1.29, 1.82) is 0 Å². The van der Waals surface area contributed by atoms with Gasteiger partial charge in [0.05, 0.1) is 17.5 Å². The quantitative estimate of drug-likeness (QED) is 0.191. The number of benzene rings is 1. The first kappa shape index (κ1) is 11.5. The summed E-state index contributed by atoms with van der Waals surface area (Å²) in [6.07, 6.45) is 0. The molecule has 0 bridgehead atoms. The van der Waals surface area contributed by atoms with E-state index in [1.54, 1.807) is 0 Å². The summed E-state index contributed by atoms with van der Waals surface area (Å²) in [7, 11) is 0. The molecule has 0 aliphatic rings. The van der Waals surface area contributed by atoms with Crippen molar-refractivity contribution in [3.8, 4) is 11.8 Å². The average Bonchev–Trinajstić information content (AvgIpc) is 2.23. The molecule has 6 nitrogen and oxygen atoms in total. The summed E-state index contributed by atoms with van der Waals surface area (Å²) in [4.78, 5) is 12.2. The fraction of sp³-hybridized carbons (Fsp3) is 0.111. The number of hydrogen-bond acceptors (Lipinski definition) is 3. The lowest BCUT2D eigenvalue weighted by Gasteiger charge is -1.93. The zero-order chi connectivity index (χ0) is 12.0. The number of halogens is 1. The van der Waals surface area contributed by atoms with Crippen LogP contribution in [-0.4, -0.2) is 11.5 Å². The maximum Gasteiger partial charge on any atom is 0.273 e. The van der Waals surface area contributed by atoms with Crippen molar-refractivity contribution in [1.82, 2.24) is 0 Å². The first-order valence-corrected chi connectivity index (χ1v) is 4.08. The van der Waals surface area contributed by atoms with Crippen LogP contribution >= 0.6 is 0 Å². The lowest BCUT2D eigenvalue weighted by atomic mass is 10.2. The lowest BCUT2D eigenvalue weighted by molar-refractivity contribution is -0.385. The van der Waals surface area contributed by atoms with E-state index in [2.05, 4.69) is 21.9 Å². The second kappa shape index (κ2) is 5.34. The van der Waals surface area contributed by atoms with Crippen LogP contribution in [0.5, 0.6) is 0 Å². The van der Waals surface area contributed by atoms with E-state index in [-0.39, 0.29) is 17.8 Å². The van der Waals surface area contributed by atoms with Crippen LogP contribution in [0, 0.1) is 27.8 Å². The summed E-state index contributed by atoms with van der Waals surface area (Å²) in [6, 6.07) is 3.01. The van der Waals surface area contributed by atoms with Crippen LogP contribution in [0.15, 0.2) is 23.3 Å². The summed E-state index contributed by atoms with van der Waals surface area (Å²) >= 11 is 0. The Balaban J connectivity index is 2.99. The predicted molar refractivity (Wildman–Crippen MR) is 53.9 cm³/mol. The SMILES string of the molecule is [N-]=[N+]=NCC#Cc1cc(F)cc([N+](=O)[O-])c1. The minimum atomic E-state index is -0.734. The van der Waals surface area contributed by atoms with Crippen LogP contribution in [0.3, 0.4) is 0 Å². The van der Waals surface area contributed by atoms with Gasteiger partial charge in [0.1, 0.15) is 5.82 Å². The highest BCUT2D eigenvalue weighted by Gasteiger charge is 2.08. The van der Waals surface area contributed by atoms with E-state index >= 15 is 0 Å². The molecule has 0 heterocycles. The molecule has 0 atom stereocenters. The van der Waals surface area contributed by atoms with Crippen molar-refractivity contribution in [2.45, 2.75) is 0 Å². The van der Waals surface area contributed by atoms with Gasteiger partial charge in [0.2, 0.25) is 0 Å². The molecule has 0 radical (unpaired) electrons. The molecule has 0 aromatic heterocycles. The third-order valence-electron chi connectivity index (χ3n) is 1.54. The number of azide groups is 1. The Morgan fingerprint density at radius 1 is 1.56 bits per heavy atom. The van der Waals surface area contributed by atoms with Crippen LogP contribution in [0.4, 0.5) is 10.1 Å². The first-order chi connectivity index (χ1) is 7.63. The van der Waals surface area contributed by atoms with Gasteiger partial charge in [-0.25, -0.2) is 4.39 Å². The number of nitro benzene ring substituents is 1. The largest absolute Gasteiger partial charge is 0.273 e. The normalized spacial score (nSPS) is 8.56. The Labute approximate surface area is 89.5 Å². The fourth-order valence-electron chi connectivity index (χ4n) is 0.960. The van der Waals surface area contributed by atoms with Gasteiger partial charge < -0.3 is 0 Å². The van der Waals surface area contributed by atoms with Gasteiger partial charge in [-0.15, -0.1) is 0 Å². The number of rotatable bonds is 2. The summed E-state index contributed by atoms with van der Waals surface area (Å²) in [5, 5.41) is 13.6. The minimum absolute atomic E-state index is 0.0686. The second-order valence-electron chi connectivity index (χ2n) is 2.65. The van der Waals surface area contributed by atoms with Crippen LogP contribution < -0.4 is 0 Å². The smallest absolute Gasteiger partial charge is 0.258 e. The molecule has 0 spiro atoms. The van der Waals surface area contributed by atoms with Crippen molar-refractivity contribution in [3.63, 3.8) is 0 Å². The molecule has 16 heavy (non-hydrogen) atoms. The number of nitro groups is 1. The zero-order valence-corrected chi connectivity index (χ0v) is 7.92. The van der Waals surface area contributed by atoms with Crippen LogP contribution in [0.1, 0.15) is 5.56 Å². The summed E-state index contributed by atoms with van der Waals surface area (Å²) in [5.74, 6) is 4.16. The Morgan fingerprint density at radius 2 is 2.31 bits per heavy atom. The van der Waals surface area contributed by atoms with Crippen LogP contribution in [0.2, 0.25) is 0 Å². The van der Waals surface area contributed by atoms with Crippen molar-refractivity contribution in [2.75, 3.05) is 6.54 Å². The van der Waals surface area contributed by atoms with Crippen LogP contribution in [-0.2, 0) is 0 Å².